The average Bonchev–Trinajstić information content (AvgIpc) is 2.39. The zero-order chi connectivity index (χ0) is 9.61. The number of primary amides is 1. The molecule has 72 valence electrons. The molecular formula is C8H19N3O. The number of nitrogens with one attached hydrogen (secondary N) is 1. The zero-order valence-corrected chi connectivity index (χ0v) is 7.89. The van der Waals surface area contributed by atoms with Crippen LogP contribution in [0.25, 0.3) is 0 Å². The zero-order valence-electron chi connectivity index (χ0n) is 7.89. The first-order chi connectivity index (χ1) is 5.44. The lowest BCUT2D eigenvalue weighted by Gasteiger charge is -2.10. The highest BCUT2D eigenvalue weighted by Crippen LogP contribution is 1.91. The summed E-state index contributed by atoms with van der Waals surface area (Å²) in [7, 11) is 0. The fourth-order valence-corrected chi connectivity index (χ4v) is 0.625. The second kappa shape index (κ2) is 5.11. The van der Waals surface area contributed by atoms with Crippen molar-refractivity contribution < 1.29 is 4.79 Å². The van der Waals surface area contributed by atoms with Crippen LogP contribution < -0.4 is 16.8 Å². The van der Waals surface area contributed by atoms with Crippen LogP contribution in [-0.2, 0) is 4.79 Å². The van der Waals surface area contributed by atoms with Gasteiger partial charge in [0.2, 0.25) is 5.91 Å². The average molecular weight is 173 g/mol. The molecule has 0 aromatic carbocycles. The fourth-order valence-electron chi connectivity index (χ4n) is 0.625. The molecule has 1 aliphatic heterocycles. The maximum absolute atomic E-state index is 10.1. The molecule has 0 unspecified atom stereocenters. The van der Waals surface area contributed by atoms with Crippen molar-refractivity contribution in [2.45, 2.75) is 32.2 Å². The van der Waals surface area contributed by atoms with E-state index in [1.165, 1.54) is 25.9 Å². The Kier molecular flexibility index (Phi) is 4.85. The topological polar surface area (TPSA) is 81.1 Å². The quantitative estimate of drug-likeness (QED) is 0.503. The lowest BCUT2D eigenvalue weighted by Crippen LogP contribution is -2.46. The first-order valence-corrected chi connectivity index (χ1v) is 4.24. The summed E-state index contributed by atoms with van der Waals surface area (Å²) >= 11 is 0. The summed E-state index contributed by atoms with van der Waals surface area (Å²) < 4.78 is 0. The van der Waals surface area contributed by atoms with E-state index in [0.717, 1.165) is 0 Å². The number of hydrogen-bond acceptors (Lipinski definition) is 3. The molecule has 1 heterocycles. The van der Waals surface area contributed by atoms with Crippen LogP contribution in [0.1, 0.15) is 26.7 Å². The summed E-state index contributed by atoms with van der Waals surface area (Å²) in [4.78, 5) is 10.1. The first-order valence-electron chi connectivity index (χ1n) is 4.24. The van der Waals surface area contributed by atoms with E-state index in [9.17, 15) is 4.79 Å². The van der Waals surface area contributed by atoms with Crippen LogP contribution >= 0.6 is 0 Å². The van der Waals surface area contributed by atoms with Crippen LogP contribution in [0.2, 0.25) is 0 Å². The molecule has 0 atom stereocenters. The summed E-state index contributed by atoms with van der Waals surface area (Å²) in [5, 5.41) is 3.22. The summed E-state index contributed by atoms with van der Waals surface area (Å²) in [5.74, 6) is -0.479. The van der Waals surface area contributed by atoms with Crippen molar-refractivity contribution in [3.63, 3.8) is 0 Å². The predicted octanol–water partition coefficient (Wildman–Crippen LogP) is -0.421. The molecule has 4 nitrogen and oxygen atoms in total. The van der Waals surface area contributed by atoms with Crippen molar-refractivity contribution in [2.24, 2.45) is 11.5 Å². The molecule has 0 radical (unpaired) electrons. The second-order valence-electron chi connectivity index (χ2n) is 3.54. The summed E-state index contributed by atoms with van der Waals surface area (Å²) in [6.45, 7) is 5.63. The van der Waals surface area contributed by atoms with E-state index in [4.69, 9.17) is 11.5 Å². The highest BCUT2D eigenvalue weighted by atomic mass is 16.1. The lowest BCUT2D eigenvalue weighted by atomic mass is 10.1. The second-order valence-corrected chi connectivity index (χ2v) is 3.54. The molecular weight excluding hydrogens is 154 g/mol. The van der Waals surface area contributed by atoms with E-state index in [-0.39, 0.29) is 0 Å². The third-order valence-corrected chi connectivity index (χ3v) is 1.59. The van der Waals surface area contributed by atoms with Gasteiger partial charge in [0.25, 0.3) is 0 Å². The van der Waals surface area contributed by atoms with Crippen LogP contribution in [0.5, 0.6) is 0 Å². The number of hydrogen-bond donors (Lipinski definition) is 3. The summed E-state index contributed by atoms with van der Waals surface area (Å²) in [6, 6.07) is 0. The fraction of sp³-hybridized carbons (Fsp3) is 0.875. The van der Waals surface area contributed by atoms with E-state index >= 15 is 0 Å². The summed E-state index contributed by atoms with van der Waals surface area (Å²) in [5.41, 5.74) is 9.15. The van der Waals surface area contributed by atoms with Crippen LogP contribution in [0, 0.1) is 0 Å². The third kappa shape index (κ3) is 6.12. The number of amides is 1. The number of nitrogens with two attached hydrogens (primary N) is 2. The molecule has 5 N–H and O–H groups in total. The monoisotopic (exact) mass is 173 g/mol. The van der Waals surface area contributed by atoms with Gasteiger partial charge in [-0.3, -0.25) is 4.79 Å². The molecule has 0 aromatic rings. The molecule has 12 heavy (non-hydrogen) atoms. The number of carbonyl (C=O) groups is 1. The van der Waals surface area contributed by atoms with Crippen molar-refractivity contribution in [2.75, 3.05) is 13.1 Å². The van der Waals surface area contributed by atoms with Gasteiger partial charge in [-0.25, -0.2) is 0 Å². The Morgan fingerprint density at radius 2 is 1.67 bits per heavy atom. The molecule has 4 heteroatoms. The van der Waals surface area contributed by atoms with Gasteiger partial charge in [0.1, 0.15) is 0 Å². The number of carbonyl (C=O) groups excluding carboxylic acids is 1. The van der Waals surface area contributed by atoms with Gasteiger partial charge in [-0.1, -0.05) is 0 Å². The molecule has 0 aromatic heterocycles. The van der Waals surface area contributed by atoms with Gasteiger partial charge < -0.3 is 16.8 Å². The largest absolute Gasteiger partial charge is 0.368 e. The molecule has 1 amide bonds. The Bertz CT molecular complexity index is 128. The van der Waals surface area contributed by atoms with Gasteiger partial charge in [0.05, 0.1) is 5.54 Å². The van der Waals surface area contributed by atoms with Gasteiger partial charge in [0.15, 0.2) is 0 Å². The predicted molar refractivity (Wildman–Crippen MR) is 49.6 cm³/mol. The molecule has 1 rings (SSSR count). The standard InChI is InChI=1S/C4H10N2O.C4H9N/c1-4(2,6)3(5)7;1-2-4-5-3-1/h6H2,1-2H3,(H2,5,7);5H,1-4H2. The van der Waals surface area contributed by atoms with Crippen molar-refractivity contribution in [3.8, 4) is 0 Å². The first kappa shape index (κ1) is 11.4. The molecule has 0 spiro atoms. The highest BCUT2D eigenvalue weighted by Gasteiger charge is 2.16. The Labute approximate surface area is 73.7 Å². The van der Waals surface area contributed by atoms with Gasteiger partial charge in [0, 0.05) is 0 Å². The smallest absolute Gasteiger partial charge is 0.236 e. The molecule has 0 bridgehead atoms. The minimum atomic E-state index is -0.861. The van der Waals surface area contributed by atoms with Gasteiger partial charge in [-0.2, -0.15) is 0 Å². The normalized spacial score (nSPS) is 16.6. The van der Waals surface area contributed by atoms with Gasteiger partial charge in [-0.15, -0.1) is 0 Å². The van der Waals surface area contributed by atoms with Crippen LogP contribution in [-0.4, -0.2) is 24.5 Å². The van der Waals surface area contributed by atoms with Crippen LogP contribution in [0.4, 0.5) is 0 Å². The molecule has 1 saturated heterocycles. The SMILES string of the molecule is C1CCNC1.CC(C)(N)C(N)=O. The molecule has 0 aliphatic carbocycles. The van der Waals surface area contributed by atoms with E-state index in [2.05, 4.69) is 5.32 Å². The number of rotatable bonds is 1. The van der Waals surface area contributed by atoms with Gasteiger partial charge >= 0.3 is 0 Å². The Balaban J connectivity index is 0.000000211. The van der Waals surface area contributed by atoms with Crippen molar-refractivity contribution in [3.05, 3.63) is 0 Å². The minimum absolute atomic E-state index is 0.479. The Morgan fingerprint density at radius 3 is 1.75 bits per heavy atom. The molecule has 1 fully saturated rings. The maximum atomic E-state index is 10.1. The van der Waals surface area contributed by atoms with E-state index in [0.29, 0.717) is 0 Å². The van der Waals surface area contributed by atoms with Crippen molar-refractivity contribution in [1.29, 1.82) is 0 Å². The lowest BCUT2D eigenvalue weighted by molar-refractivity contribution is -0.121. The van der Waals surface area contributed by atoms with Gasteiger partial charge in [-0.05, 0) is 39.8 Å². The van der Waals surface area contributed by atoms with E-state index < -0.39 is 11.4 Å². The summed E-state index contributed by atoms with van der Waals surface area (Å²) in [6.07, 6.45) is 2.78. The Hall–Kier alpha value is -0.610. The molecule has 1 aliphatic rings. The van der Waals surface area contributed by atoms with Crippen molar-refractivity contribution >= 4 is 5.91 Å². The van der Waals surface area contributed by atoms with E-state index in [1.807, 2.05) is 0 Å². The minimum Gasteiger partial charge on any atom is -0.368 e. The molecule has 0 saturated carbocycles. The highest BCUT2D eigenvalue weighted by molar-refractivity contribution is 5.83. The van der Waals surface area contributed by atoms with E-state index in [1.54, 1.807) is 13.8 Å². The van der Waals surface area contributed by atoms with Crippen LogP contribution in [0.15, 0.2) is 0 Å². The Morgan fingerprint density at radius 1 is 1.33 bits per heavy atom. The van der Waals surface area contributed by atoms with Crippen molar-refractivity contribution in [1.82, 2.24) is 5.32 Å². The third-order valence-electron chi connectivity index (χ3n) is 1.59. The van der Waals surface area contributed by atoms with Crippen LogP contribution in [0.3, 0.4) is 0 Å². The maximum Gasteiger partial charge on any atom is 0.236 e.